The first kappa shape index (κ1) is 13.0. The van der Waals surface area contributed by atoms with Gasteiger partial charge in [-0.15, -0.1) is 0 Å². The number of hydrogen-bond donors (Lipinski definition) is 1. The summed E-state index contributed by atoms with van der Waals surface area (Å²) < 4.78 is 5.39. The highest BCUT2D eigenvalue weighted by Gasteiger charge is 2.28. The second kappa shape index (κ2) is 4.69. The molecule has 0 saturated carbocycles. The topological polar surface area (TPSA) is 41.6 Å². The summed E-state index contributed by atoms with van der Waals surface area (Å²) in [7, 11) is 0. The standard InChI is InChI=1S/C13H17ClN2O2/c1-13(2,3)18-12(17)16-8-7-15-10-6-4-5-9(14)11(10)16/h4-6,15H,7-8H2,1-3H3. The van der Waals surface area contributed by atoms with Crippen LogP contribution in [0.3, 0.4) is 0 Å². The summed E-state index contributed by atoms with van der Waals surface area (Å²) in [6.07, 6.45) is -0.363. The molecular formula is C13H17ClN2O2. The fourth-order valence-corrected chi connectivity index (χ4v) is 2.12. The van der Waals surface area contributed by atoms with Crippen LogP contribution < -0.4 is 10.2 Å². The first-order valence-electron chi connectivity index (χ1n) is 5.91. The van der Waals surface area contributed by atoms with Gasteiger partial charge in [-0.05, 0) is 32.9 Å². The zero-order valence-corrected chi connectivity index (χ0v) is 11.5. The van der Waals surface area contributed by atoms with E-state index in [0.29, 0.717) is 23.8 Å². The molecule has 0 atom stereocenters. The highest BCUT2D eigenvalue weighted by Crippen LogP contribution is 2.36. The van der Waals surface area contributed by atoms with Crippen LogP contribution in [0.15, 0.2) is 18.2 Å². The molecule has 18 heavy (non-hydrogen) atoms. The number of para-hydroxylation sites is 1. The number of halogens is 1. The molecule has 0 aliphatic carbocycles. The molecule has 1 aromatic carbocycles. The lowest BCUT2D eigenvalue weighted by Gasteiger charge is -2.32. The number of carbonyl (C=O) groups excluding carboxylic acids is 1. The molecule has 1 N–H and O–H groups in total. The Kier molecular flexibility index (Phi) is 3.39. The van der Waals surface area contributed by atoms with Gasteiger partial charge in [-0.1, -0.05) is 17.7 Å². The van der Waals surface area contributed by atoms with E-state index in [1.807, 2.05) is 32.9 Å². The minimum absolute atomic E-state index is 0.363. The third kappa shape index (κ3) is 2.70. The lowest BCUT2D eigenvalue weighted by atomic mass is 10.2. The number of rotatable bonds is 0. The zero-order valence-electron chi connectivity index (χ0n) is 10.8. The summed E-state index contributed by atoms with van der Waals surface area (Å²) in [5.41, 5.74) is 1.04. The van der Waals surface area contributed by atoms with E-state index >= 15 is 0 Å². The smallest absolute Gasteiger partial charge is 0.414 e. The Morgan fingerprint density at radius 2 is 2.17 bits per heavy atom. The van der Waals surface area contributed by atoms with Gasteiger partial charge in [-0.25, -0.2) is 4.79 Å². The molecule has 4 nitrogen and oxygen atoms in total. The largest absolute Gasteiger partial charge is 0.443 e. The van der Waals surface area contributed by atoms with E-state index < -0.39 is 5.60 Å². The van der Waals surface area contributed by atoms with Crippen molar-refractivity contribution in [3.05, 3.63) is 23.2 Å². The second-order valence-corrected chi connectivity index (χ2v) is 5.60. The lowest BCUT2D eigenvalue weighted by molar-refractivity contribution is 0.0581. The number of fused-ring (bicyclic) bond motifs is 1. The number of benzene rings is 1. The Hall–Kier alpha value is -1.42. The summed E-state index contributed by atoms with van der Waals surface area (Å²) in [4.78, 5) is 13.7. The van der Waals surface area contributed by atoms with Crippen LogP contribution >= 0.6 is 11.6 Å². The average molecular weight is 269 g/mol. The van der Waals surface area contributed by atoms with Gasteiger partial charge in [0.05, 0.1) is 16.4 Å². The van der Waals surface area contributed by atoms with Crippen molar-refractivity contribution in [3.63, 3.8) is 0 Å². The SMILES string of the molecule is CC(C)(C)OC(=O)N1CCNc2cccc(Cl)c21. The molecule has 0 radical (unpaired) electrons. The van der Waals surface area contributed by atoms with Crippen LogP contribution in [0.2, 0.25) is 5.02 Å². The van der Waals surface area contributed by atoms with E-state index in [1.54, 1.807) is 11.0 Å². The summed E-state index contributed by atoms with van der Waals surface area (Å²) >= 11 is 6.16. The Morgan fingerprint density at radius 1 is 1.44 bits per heavy atom. The fraction of sp³-hybridized carbons (Fsp3) is 0.462. The lowest BCUT2D eigenvalue weighted by Crippen LogP contribution is -2.42. The molecule has 98 valence electrons. The van der Waals surface area contributed by atoms with Gasteiger partial charge in [0.2, 0.25) is 0 Å². The van der Waals surface area contributed by atoms with Crippen molar-refractivity contribution in [1.82, 2.24) is 0 Å². The van der Waals surface area contributed by atoms with Crippen LogP contribution in [0.4, 0.5) is 16.2 Å². The minimum atomic E-state index is -0.511. The van der Waals surface area contributed by atoms with Gasteiger partial charge < -0.3 is 10.1 Å². The Labute approximate surface area is 112 Å². The molecule has 0 fully saturated rings. The number of carbonyl (C=O) groups is 1. The van der Waals surface area contributed by atoms with E-state index in [9.17, 15) is 4.79 Å². The fourth-order valence-electron chi connectivity index (χ4n) is 1.85. The van der Waals surface area contributed by atoms with Crippen LogP contribution in [-0.2, 0) is 4.74 Å². The molecule has 1 aliphatic heterocycles. The third-order valence-electron chi connectivity index (χ3n) is 2.52. The Balaban J connectivity index is 2.30. The van der Waals surface area contributed by atoms with E-state index in [1.165, 1.54) is 0 Å². The summed E-state index contributed by atoms with van der Waals surface area (Å²) in [5, 5.41) is 3.76. The van der Waals surface area contributed by atoms with Crippen molar-refractivity contribution in [2.75, 3.05) is 23.3 Å². The number of hydrogen-bond acceptors (Lipinski definition) is 3. The molecule has 0 bridgehead atoms. The molecule has 0 aromatic heterocycles. The molecule has 1 aliphatic rings. The maximum atomic E-state index is 12.1. The molecule has 0 saturated heterocycles. The number of anilines is 2. The van der Waals surface area contributed by atoms with Crippen molar-refractivity contribution in [3.8, 4) is 0 Å². The molecule has 1 aromatic rings. The average Bonchev–Trinajstić information content (AvgIpc) is 2.26. The first-order valence-corrected chi connectivity index (χ1v) is 6.29. The number of ether oxygens (including phenoxy) is 1. The van der Waals surface area contributed by atoms with Gasteiger partial charge in [0, 0.05) is 13.1 Å². The van der Waals surface area contributed by atoms with Crippen LogP contribution in [-0.4, -0.2) is 24.8 Å². The zero-order chi connectivity index (χ0) is 13.3. The quantitative estimate of drug-likeness (QED) is 0.783. The molecule has 0 unspecified atom stereocenters. The molecule has 1 amide bonds. The maximum Gasteiger partial charge on any atom is 0.414 e. The molecule has 1 heterocycles. The Morgan fingerprint density at radius 3 is 2.83 bits per heavy atom. The van der Waals surface area contributed by atoms with Crippen molar-refractivity contribution >= 4 is 29.1 Å². The number of nitrogens with one attached hydrogen (secondary N) is 1. The molecule has 0 spiro atoms. The Bertz CT molecular complexity index is 469. The van der Waals surface area contributed by atoms with E-state index in [-0.39, 0.29) is 6.09 Å². The summed E-state index contributed by atoms with van der Waals surface area (Å²) in [6, 6.07) is 5.52. The number of amides is 1. The minimum Gasteiger partial charge on any atom is -0.443 e. The predicted molar refractivity (Wildman–Crippen MR) is 73.5 cm³/mol. The normalized spacial score (nSPS) is 14.8. The molecule has 2 rings (SSSR count). The summed E-state index contributed by atoms with van der Waals surface area (Å²) in [6.45, 7) is 6.78. The van der Waals surface area contributed by atoms with Crippen molar-refractivity contribution < 1.29 is 9.53 Å². The highest BCUT2D eigenvalue weighted by atomic mass is 35.5. The molecule has 5 heteroatoms. The van der Waals surface area contributed by atoms with Crippen LogP contribution in [0.25, 0.3) is 0 Å². The van der Waals surface area contributed by atoms with Gasteiger partial charge in [-0.3, -0.25) is 4.90 Å². The van der Waals surface area contributed by atoms with Crippen molar-refractivity contribution in [1.29, 1.82) is 0 Å². The molecular weight excluding hydrogens is 252 g/mol. The van der Waals surface area contributed by atoms with Gasteiger partial charge in [0.25, 0.3) is 0 Å². The monoisotopic (exact) mass is 268 g/mol. The van der Waals surface area contributed by atoms with E-state index in [2.05, 4.69) is 5.32 Å². The summed E-state index contributed by atoms with van der Waals surface area (Å²) in [5.74, 6) is 0. The van der Waals surface area contributed by atoms with Crippen LogP contribution in [0, 0.1) is 0 Å². The van der Waals surface area contributed by atoms with Crippen LogP contribution in [0.5, 0.6) is 0 Å². The third-order valence-corrected chi connectivity index (χ3v) is 2.83. The van der Waals surface area contributed by atoms with Gasteiger partial charge in [0.1, 0.15) is 5.60 Å². The van der Waals surface area contributed by atoms with Gasteiger partial charge in [0.15, 0.2) is 0 Å². The van der Waals surface area contributed by atoms with E-state index in [0.717, 1.165) is 5.69 Å². The van der Waals surface area contributed by atoms with E-state index in [4.69, 9.17) is 16.3 Å². The van der Waals surface area contributed by atoms with Crippen molar-refractivity contribution in [2.24, 2.45) is 0 Å². The van der Waals surface area contributed by atoms with Crippen LogP contribution in [0.1, 0.15) is 20.8 Å². The first-order chi connectivity index (χ1) is 8.38. The maximum absolute atomic E-state index is 12.1. The van der Waals surface area contributed by atoms with Crippen molar-refractivity contribution in [2.45, 2.75) is 26.4 Å². The predicted octanol–water partition coefficient (Wildman–Crippen LogP) is 3.51. The van der Waals surface area contributed by atoms with Gasteiger partial charge in [-0.2, -0.15) is 0 Å². The highest BCUT2D eigenvalue weighted by molar-refractivity contribution is 6.34. The second-order valence-electron chi connectivity index (χ2n) is 5.19. The number of nitrogens with zero attached hydrogens (tertiary/aromatic N) is 1. The van der Waals surface area contributed by atoms with Gasteiger partial charge >= 0.3 is 6.09 Å².